The Morgan fingerprint density at radius 2 is 1.79 bits per heavy atom. The smallest absolute Gasteiger partial charge is 0.0104 e. The van der Waals surface area contributed by atoms with E-state index in [2.05, 4.69) is 31.1 Å². The topological polar surface area (TPSA) is 15.3 Å². The van der Waals surface area contributed by atoms with Crippen molar-refractivity contribution in [2.45, 2.75) is 64.8 Å². The first-order chi connectivity index (χ1) is 9.15. The van der Waals surface area contributed by atoms with Crippen molar-refractivity contribution in [2.75, 3.05) is 26.7 Å². The minimum Gasteiger partial charge on any atom is -0.313 e. The number of hydrogen-bond donors (Lipinski definition) is 1. The van der Waals surface area contributed by atoms with Crippen LogP contribution in [-0.2, 0) is 0 Å². The van der Waals surface area contributed by atoms with Crippen molar-refractivity contribution in [3.8, 4) is 0 Å². The van der Waals surface area contributed by atoms with E-state index in [9.17, 15) is 0 Å². The Balaban J connectivity index is 1.65. The summed E-state index contributed by atoms with van der Waals surface area (Å²) < 4.78 is 0. The van der Waals surface area contributed by atoms with Gasteiger partial charge in [-0.05, 0) is 44.1 Å². The fraction of sp³-hybridized carbons (Fsp3) is 1.00. The van der Waals surface area contributed by atoms with E-state index in [1.165, 1.54) is 58.0 Å². The van der Waals surface area contributed by atoms with Crippen LogP contribution in [0.5, 0.6) is 0 Å². The van der Waals surface area contributed by atoms with Gasteiger partial charge in [0.05, 0.1) is 0 Å². The summed E-state index contributed by atoms with van der Waals surface area (Å²) in [5.74, 6) is 3.15. The number of hydrogen-bond acceptors (Lipinski definition) is 2. The lowest BCUT2D eigenvalue weighted by atomic mass is 9.67. The summed E-state index contributed by atoms with van der Waals surface area (Å²) in [6, 6.07) is 0.617. The van der Waals surface area contributed by atoms with Crippen molar-refractivity contribution in [1.29, 1.82) is 0 Å². The molecule has 3 atom stereocenters. The molecule has 0 aliphatic heterocycles. The van der Waals surface area contributed by atoms with Crippen molar-refractivity contribution in [3.05, 3.63) is 0 Å². The molecule has 2 fully saturated rings. The maximum absolute atomic E-state index is 3.52. The summed E-state index contributed by atoms with van der Waals surface area (Å²) in [5, 5.41) is 3.52. The highest BCUT2D eigenvalue weighted by atomic mass is 15.1. The third kappa shape index (κ3) is 5.07. The van der Waals surface area contributed by atoms with Gasteiger partial charge in [0.2, 0.25) is 0 Å². The van der Waals surface area contributed by atoms with E-state index in [-0.39, 0.29) is 0 Å². The fourth-order valence-corrected chi connectivity index (χ4v) is 4.21. The monoisotopic (exact) mass is 266 g/mol. The first-order valence-electron chi connectivity index (χ1n) is 8.57. The molecule has 2 rings (SSSR count). The largest absolute Gasteiger partial charge is 0.313 e. The Bertz CT molecular complexity index is 252. The van der Waals surface area contributed by atoms with E-state index in [1.807, 2.05) is 0 Å². The second-order valence-corrected chi connectivity index (χ2v) is 7.35. The van der Waals surface area contributed by atoms with Gasteiger partial charge < -0.3 is 10.2 Å². The van der Waals surface area contributed by atoms with Crippen LogP contribution in [0.3, 0.4) is 0 Å². The molecule has 0 aromatic rings. The predicted molar refractivity (Wildman–Crippen MR) is 83.4 cm³/mol. The van der Waals surface area contributed by atoms with E-state index in [0.29, 0.717) is 6.04 Å². The predicted octanol–water partition coefficient (Wildman–Crippen LogP) is 3.52. The first-order valence-corrected chi connectivity index (χ1v) is 8.57. The van der Waals surface area contributed by atoms with Crippen LogP contribution in [0, 0.1) is 17.8 Å². The third-order valence-electron chi connectivity index (χ3n) is 5.26. The van der Waals surface area contributed by atoms with Crippen molar-refractivity contribution >= 4 is 0 Å². The Morgan fingerprint density at radius 1 is 1.05 bits per heavy atom. The lowest BCUT2D eigenvalue weighted by Crippen LogP contribution is -2.37. The Labute approximate surface area is 120 Å². The Hall–Kier alpha value is -0.0800. The van der Waals surface area contributed by atoms with Crippen LogP contribution >= 0.6 is 0 Å². The number of nitrogens with zero attached hydrogens (tertiary/aromatic N) is 1. The normalized spacial score (nSPS) is 31.7. The quantitative estimate of drug-likeness (QED) is 0.791. The zero-order valence-corrected chi connectivity index (χ0v) is 13.3. The van der Waals surface area contributed by atoms with Gasteiger partial charge in [-0.2, -0.15) is 0 Å². The third-order valence-corrected chi connectivity index (χ3v) is 5.26. The first kappa shape index (κ1) is 15.3. The van der Waals surface area contributed by atoms with Gasteiger partial charge in [0.15, 0.2) is 0 Å². The van der Waals surface area contributed by atoms with Gasteiger partial charge in [-0.3, -0.25) is 0 Å². The minimum atomic E-state index is 0.617. The van der Waals surface area contributed by atoms with Gasteiger partial charge in [-0.15, -0.1) is 0 Å². The molecular formula is C17H34N2. The average molecular weight is 266 g/mol. The number of nitrogens with one attached hydrogen (secondary N) is 1. The maximum Gasteiger partial charge on any atom is 0.0104 e. The lowest BCUT2D eigenvalue weighted by Gasteiger charge is -2.40. The van der Waals surface area contributed by atoms with E-state index < -0.39 is 0 Å². The van der Waals surface area contributed by atoms with E-state index in [0.717, 1.165) is 24.3 Å². The van der Waals surface area contributed by atoms with Gasteiger partial charge in [-0.1, -0.05) is 39.5 Å². The summed E-state index contributed by atoms with van der Waals surface area (Å²) in [5.41, 5.74) is 0. The van der Waals surface area contributed by atoms with Crippen molar-refractivity contribution in [1.82, 2.24) is 10.2 Å². The van der Waals surface area contributed by atoms with Gasteiger partial charge in [-0.25, -0.2) is 0 Å². The van der Waals surface area contributed by atoms with Crippen LogP contribution in [-0.4, -0.2) is 37.6 Å². The summed E-state index contributed by atoms with van der Waals surface area (Å²) in [6.07, 6.45) is 10.6. The van der Waals surface area contributed by atoms with Crippen LogP contribution in [0.2, 0.25) is 0 Å². The highest BCUT2D eigenvalue weighted by Gasteiger charge is 2.32. The molecule has 0 aromatic carbocycles. The second-order valence-electron chi connectivity index (χ2n) is 7.35. The van der Waals surface area contributed by atoms with Gasteiger partial charge >= 0.3 is 0 Å². The molecule has 2 aliphatic rings. The molecule has 3 unspecified atom stereocenters. The van der Waals surface area contributed by atoms with Gasteiger partial charge in [0.25, 0.3) is 0 Å². The molecular weight excluding hydrogens is 232 g/mol. The highest BCUT2D eigenvalue weighted by molar-refractivity contribution is 4.84. The molecule has 0 radical (unpaired) electrons. The molecule has 2 aliphatic carbocycles. The fourth-order valence-electron chi connectivity index (χ4n) is 4.21. The minimum absolute atomic E-state index is 0.617. The maximum atomic E-state index is 3.52. The standard InChI is InChI=1S/C17H34N2/c1-14(2)18-10-11-19(3)13-15-8-9-16-6-4-5-7-17(16)12-15/h14-18H,4-13H2,1-3H3. The van der Waals surface area contributed by atoms with Crippen LogP contribution < -0.4 is 5.32 Å². The summed E-state index contributed by atoms with van der Waals surface area (Å²) >= 11 is 0. The molecule has 2 saturated carbocycles. The molecule has 2 heteroatoms. The SMILES string of the molecule is CC(C)NCCN(C)CC1CCC2CCCCC2C1. The van der Waals surface area contributed by atoms with Crippen molar-refractivity contribution < 1.29 is 0 Å². The second kappa shape index (κ2) is 7.64. The zero-order chi connectivity index (χ0) is 13.7. The van der Waals surface area contributed by atoms with Crippen LogP contribution in [0.15, 0.2) is 0 Å². The molecule has 19 heavy (non-hydrogen) atoms. The highest BCUT2D eigenvalue weighted by Crippen LogP contribution is 2.42. The molecule has 0 bridgehead atoms. The van der Waals surface area contributed by atoms with Crippen molar-refractivity contribution in [2.24, 2.45) is 17.8 Å². The van der Waals surface area contributed by atoms with E-state index in [4.69, 9.17) is 0 Å². The Morgan fingerprint density at radius 3 is 2.53 bits per heavy atom. The van der Waals surface area contributed by atoms with E-state index in [1.54, 1.807) is 0 Å². The summed E-state index contributed by atoms with van der Waals surface area (Å²) in [7, 11) is 2.30. The number of rotatable bonds is 6. The van der Waals surface area contributed by atoms with Gasteiger partial charge in [0.1, 0.15) is 0 Å². The average Bonchev–Trinajstić information content (AvgIpc) is 2.38. The van der Waals surface area contributed by atoms with Gasteiger partial charge in [0, 0.05) is 25.7 Å². The molecule has 0 aromatic heterocycles. The summed E-state index contributed by atoms with van der Waals surface area (Å²) in [4.78, 5) is 2.54. The lowest BCUT2D eigenvalue weighted by molar-refractivity contribution is 0.109. The molecule has 0 spiro atoms. The van der Waals surface area contributed by atoms with E-state index >= 15 is 0 Å². The summed E-state index contributed by atoms with van der Waals surface area (Å²) in [6.45, 7) is 8.10. The van der Waals surface area contributed by atoms with Crippen molar-refractivity contribution in [3.63, 3.8) is 0 Å². The molecule has 0 heterocycles. The van der Waals surface area contributed by atoms with Crippen LogP contribution in [0.4, 0.5) is 0 Å². The molecule has 1 N–H and O–H groups in total. The number of fused-ring (bicyclic) bond motifs is 1. The van der Waals surface area contributed by atoms with Crippen LogP contribution in [0.1, 0.15) is 58.8 Å². The molecule has 112 valence electrons. The van der Waals surface area contributed by atoms with Crippen LogP contribution in [0.25, 0.3) is 0 Å². The zero-order valence-electron chi connectivity index (χ0n) is 13.3. The molecule has 0 amide bonds. The Kier molecular flexibility index (Phi) is 6.15. The molecule has 2 nitrogen and oxygen atoms in total. The molecule has 0 saturated heterocycles. The number of likely N-dealkylation sites (N-methyl/N-ethyl adjacent to an activating group) is 1.